The Morgan fingerprint density at radius 2 is 1.81 bits per heavy atom. The highest BCUT2D eigenvalue weighted by Crippen LogP contribution is 2.28. The van der Waals surface area contributed by atoms with Crippen molar-refractivity contribution in [1.29, 1.82) is 0 Å². The van der Waals surface area contributed by atoms with Gasteiger partial charge in [0.25, 0.3) is 0 Å². The summed E-state index contributed by atoms with van der Waals surface area (Å²) < 4.78 is 15.0. The highest BCUT2D eigenvalue weighted by atomic mass is 79.9. The van der Waals surface area contributed by atoms with Crippen LogP contribution in [-0.4, -0.2) is 7.05 Å². The summed E-state index contributed by atoms with van der Waals surface area (Å²) >= 11 is 9.54. The van der Waals surface area contributed by atoms with Crippen LogP contribution in [0, 0.1) is 19.7 Å². The minimum Gasteiger partial charge on any atom is -0.313 e. The molecule has 0 aliphatic heterocycles. The van der Waals surface area contributed by atoms with Crippen LogP contribution in [0.25, 0.3) is 0 Å². The van der Waals surface area contributed by atoms with Gasteiger partial charge in [-0.3, -0.25) is 0 Å². The highest BCUT2D eigenvalue weighted by molar-refractivity contribution is 9.10. The predicted molar refractivity (Wildman–Crippen MR) is 90.5 cm³/mol. The van der Waals surface area contributed by atoms with E-state index < -0.39 is 0 Å². The van der Waals surface area contributed by atoms with Gasteiger partial charge in [-0.15, -0.1) is 0 Å². The standard InChI is InChI=1S/C17H18BrClFN/c1-10-6-13(7-11(2)17(10)18)16(21-3)9-12-8-14(19)4-5-15(12)20/h4-8,16,21H,9H2,1-3H3. The number of hydrogen-bond acceptors (Lipinski definition) is 1. The van der Waals surface area contributed by atoms with Gasteiger partial charge in [-0.1, -0.05) is 39.7 Å². The van der Waals surface area contributed by atoms with E-state index in [0.29, 0.717) is 17.0 Å². The van der Waals surface area contributed by atoms with Crippen molar-refractivity contribution in [2.24, 2.45) is 0 Å². The van der Waals surface area contributed by atoms with Crippen LogP contribution in [0.3, 0.4) is 0 Å². The molecule has 0 spiro atoms. The third kappa shape index (κ3) is 3.85. The van der Waals surface area contributed by atoms with Crippen LogP contribution >= 0.6 is 27.5 Å². The zero-order chi connectivity index (χ0) is 15.6. The van der Waals surface area contributed by atoms with Crippen LogP contribution in [0.1, 0.15) is 28.3 Å². The van der Waals surface area contributed by atoms with Crippen molar-refractivity contribution in [1.82, 2.24) is 5.32 Å². The van der Waals surface area contributed by atoms with Gasteiger partial charge < -0.3 is 5.32 Å². The summed E-state index contributed by atoms with van der Waals surface area (Å²) in [6.07, 6.45) is 0.559. The van der Waals surface area contributed by atoms with E-state index >= 15 is 0 Å². The minimum absolute atomic E-state index is 0.0449. The fourth-order valence-electron chi connectivity index (χ4n) is 2.49. The topological polar surface area (TPSA) is 12.0 Å². The summed E-state index contributed by atoms with van der Waals surface area (Å²) in [5.41, 5.74) is 4.13. The molecule has 1 nitrogen and oxygen atoms in total. The van der Waals surface area contributed by atoms with Gasteiger partial charge in [0.2, 0.25) is 0 Å². The molecule has 2 rings (SSSR count). The Hall–Kier alpha value is -0.900. The number of likely N-dealkylation sites (N-methyl/N-ethyl adjacent to an activating group) is 1. The average Bonchev–Trinajstić information content (AvgIpc) is 2.45. The number of rotatable bonds is 4. The summed E-state index contributed by atoms with van der Waals surface area (Å²) in [6.45, 7) is 4.13. The van der Waals surface area contributed by atoms with E-state index in [0.717, 1.165) is 10.0 Å². The Labute approximate surface area is 138 Å². The lowest BCUT2D eigenvalue weighted by atomic mass is 9.96. The van der Waals surface area contributed by atoms with Crippen molar-refractivity contribution in [3.05, 3.63) is 67.9 Å². The molecule has 0 saturated heterocycles. The number of nitrogens with one attached hydrogen (secondary N) is 1. The SMILES string of the molecule is CNC(Cc1cc(Cl)ccc1F)c1cc(C)c(Br)c(C)c1. The van der Waals surface area contributed by atoms with Crippen molar-refractivity contribution in [3.8, 4) is 0 Å². The zero-order valence-corrected chi connectivity index (χ0v) is 14.6. The molecule has 0 amide bonds. The summed E-state index contributed by atoms with van der Waals surface area (Å²) in [5, 5.41) is 3.82. The summed E-state index contributed by atoms with van der Waals surface area (Å²) in [4.78, 5) is 0. The van der Waals surface area contributed by atoms with Crippen molar-refractivity contribution >= 4 is 27.5 Å². The van der Waals surface area contributed by atoms with E-state index in [1.54, 1.807) is 12.1 Å². The molecular weight excluding hydrogens is 353 g/mol. The maximum atomic E-state index is 13.9. The molecule has 0 bridgehead atoms. The molecule has 2 aromatic rings. The molecule has 112 valence electrons. The van der Waals surface area contributed by atoms with Crippen LogP contribution in [0.5, 0.6) is 0 Å². The lowest BCUT2D eigenvalue weighted by molar-refractivity contribution is 0.554. The minimum atomic E-state index is -0.217. The van der Waals surface area contributed by atoms with Crippen LogP contribution in [-0.2, 0) is 6.42 Å². The van der Waals surface area contributed by atoms with Crippen LogP contribution < -0.4 is 5.32 Å². The second kappa shape index (κ2) is 6.91. The van der Waals surface area contributed by atoms with Gasteiger partial charge in [-0.05, 0) is 67.8 Å². The molecule has 1 atom stereocenters. The largest absolute Gasteiger partial charge is 0.313 e. The molecule has 0 radical (unpaired) electrons. The summed E-state index contributed by atoms with van der Waals surface area (Å²) in [5.74, 6) is -0.217. The number of benzene rings is 2. The molecular formula is C17H18BrClFN. The monoisotopic (exact) mass is 369 g/mol. The van der Waals surface area contributed by atoms with E-state index in [9.17, 15) is 4.39 Å². The molecule has 2 aromatic carbocycles. The van der Waals surface area contributed by atoms with E-state index in [4.69, 9.17) is 11.6 Å². The lowest BCUT2D eigenvalue weighted by Gasteiger charge is -2.19. The zero-order valence-electron chi connectivity index (χ0n) is 12.3. The Morgan fingerprint density at radius 1 is 1.19 bits per heavy atom. The molecule has 4 heteroatoms. The van der Waals surface area contributed by atoms with Crippen LogP contribution in [0.2, 0.25) is 5.02 Å². The molecule has 0 aliphatic carbocycles. The molecule has 0 heterocycles. The molecule has 0 aliphatic rings. The maximum Gasteiger partial charge on any atom is 0.126 e. The number of halogens is 3. The quantitative estimate of drug-likeness (QED) is 0.764. The smallest absolute Gasteiger partial charge is 0.126 e. The van der Waals surface area contributed by atoms with Crippen LogP contribution in [0.15, 0.2) is 34.8 Å². The molecule has 0 aromatic heterocycles. The van der Waals surface area contributed by atoms with Crippen molar-refractivity contribution in [2.75, 3.05) is 7.05 Å². The van der Waals surface area contributed by atoms with Gasteiger partial charge in [0.15, 0.2) is 0 Å². The first kappa shape index (κ1) is 16.5. The lowest BCUT2D eigenvalue weighted by Crippen LogP contribution is -2.19. The molecule has 1 N–H and O–H groups in total. The Kier molecular flexibility index (Phi) is 5.42. The Bertz CT molecular complexity index is 634. The molecule has 1 unspecified atom stereocenters. The van der Waals surface area contributed by atoms with Gasteiger partial charge in [0.1, 0.15) is 5.82 Å². The third-order valence-corrected chi connectivity index (χ3v) is 5.13. The van der Waals surface area contributed by atoms with Gasteiger partial charge in [-0.25, -0.2) is 4.39 Å². The first-order valence-electron chi connectivity index (χ1n) is 6.80. The van der Waals surface area contributed by atoms with Crippen molar-refractivity contribution in [3.63, 3.8) is 0 Å². The van der Waals surface area contributed by atoms with Gasteiger partial charge in [0, 0.05) is 15.5 Å². The summed E-state index contributed by atoms with van der Waals surface area (Å²) in [7, 11) is 1.89. The number of aryl methyl sites for hydroxylation is 2. The fraction of sp³-hybridized carbons (Fsp3) is 0.294. The molecule has 0 saturated carbocycles. The highest BCUT2D eigenvalue weighted by Gasteiger charge is 2.15. The first-order valence-corrected chi connectivity index (χ1v) is 7.97. The Balaban J connectivity index is 2.34. The van der Waals surface area contributed by atoms with Gasteiger partial charge >= 0.3 is 0 Å². The van der Waals surface area contributed by atoms with E-state index in [2.05, 4.69) is 47.2 Å². The normalized spacial score (nSPS) is 12.5. The number of hydrogen-bond donors (Lipinski definition) is 1. The van der Waals surface area contributed by atoms with E-state index in [-0.39, 0.29) is 11.9 Å². The Morgan fingerprint density at radius 3 is 2.38 bits per heavy atom. The fourth-order valence-corrected chi connectivity index (χ4v) is 2.91. The van der Waals surface area contributed by atoms with Crippen molar-refractivity contribution in [2.45, 2.75) is 26.3 Å². The van der Waals surface area contributed by atoms with Gasteiger partial charge in [0.05, 0.1) is 0 Å². The van der Waals surface area contributed by atoms with Crippen LogP contribution in [0.4, 0.5) is 4.39 Å². The average molecular weight is 371 g/mol. The van der Waals surface area contributed by atoms with Gasteiger partial charge in [-0.2, -0.15) is 0 Å². The second-order valence-electron chi connectivity index (χ2n) is 5.25. The van der Waals surface area contributed by atoms with E-state index in [1.807, 2.05) is 7.05 Å². The first-order chi connectivity index (χ1) is 9.92. The van der Waals surface area contributed by atoms with Crippen molar-refractivity contribution < 1.29 is 4.39 Å². The predicted octanol–water partition coefficient (Wildman–Crippen LogP) is 5.36. The maximum absolute atomic E-state index is 13.9. The summed E-state index contributed by atoms with van der Waals surface area (Å²) in [6, 6.07) is 8.98. The third-order valence-electron chi connectivity index (χ3n) is 3.64. The molecule has 21 heavy (non-hydrogen) atoms. The van der Waals surface area contributed by atoms with E-state index in [1.165, 1.54) is 17.2 Å². The second-order valence-corrected chi connectivity index (χ2v) is 6.48. The molecule has 0 fully saturated rings.